The van der Waals surface area contributed by atoms with Gasteiger partial charge in [-0.3, -0.25) is 4.79 Å². The monoisotopic (exact) mass is 301 g/mol. The first kappa shape index (κ1) is 15.4. The molecule has 2 rings (SSSR count). The van der Waals surface area contributed by atoms with Crippen molar-refractivity contribution in [2.24, 2.45) is 5.41 Å². The molecule has 0 unspecified atom stereocenters. The lowest BCUT2D eigenvalue weighted by molar-refractivity contribution is -0.122. The van der Waals surface area contributed by atoms with Crippen LogP contribution in [-0.4, -0.2) is 16.8 Å². The third-order valence-electron chi connectivity index (χ3n) is 3.08. The normalized spacial score (nSPS) is 11.1. The number of nitrogens with one attached hydrogen (secondary N) is 1. The fourth-order valence-corrected chi connectivity index (χ4v) is 2.68. The molecule has 0 atom stereocenters. The number of carbonyl (C=O) groups excluding carboxylic acids is 1. The number of phenols is 1. The van der Waals surface area contributed by atoms with E-state index in [1.54, 1.807) is 23.9 Å². The molecule has 0 saturated carbocycles. The number of benzene rings is 2. The van der Waals surface area contributed by atoms with E-state index in [0.29, 0.717) is 5.75 Å². The third-order valence-corrected chi connectivity index (χ3v) is 4.55. The maximum absolute atomic E-state index is 12.3. The van der Waals surface area contributed by atoms with Crippen molar-refractivity contribution in [2.45, 2.75) is 18.7 Å². The van der Waals surface area contributed by atoms with Crippen LogP contribution >= 0.6 is 11.8 Å². The number of amides is 1. The molecule has 21 heavy (non-hydrogen) atoms. The molecule has 0 aromatic heterocycles. The minimum atomic E-state index is -0.488. The summed E-state index contributed by atoms with van der Waals surface area (Å²) in [6, 6.07) is 16.5. The molecule has 0 aliphatic rings. The second-order valence-electron chi connectivity index (χ2n) is 5.49. The van der Waals surface area contributed by atoms with Crippen LogP contribution in [0, 0.1) is 5.41 Å². The molecule has 110 valence electrons. The molecule has 0 aliphatic carbocycles. The van der Waals surface area contributed by atoms with Crippen LogP contribution < -0.4 is 5.32 Å². The van der Waals surface area contributed by atoms with E-state index in [1.165, 1.54) is 0 Å². The van der Waals surface area contributed by atoms with Crippen molar-refractivity contribution in [1.29, 1.82) is 0 Å². The summed E-state index contributed by atoms with van der Waals surface area (Å²) in [7, 11) is 0. The molecule has 2 N–H and O–H groups in total. The van der Waals surface area contributed by atoms with Gasteiger partial charge in [0.15, 0.2) is 0 Å². The zero-order valence-corrected chi connectivity index (χ0v) is 13.0. The molecule has 4 heteroatoms. The van der Waals surface area contributed by atoms with E-state index in [2.05, 4.69) is 5.32 Å². The van der Waals surface area contributed by atoms with Crippen molar-refractivity contribution in [3.05, 3.63) is 54.6 Å². The molecular weight excluding hydrogens is 282 g/mol. The Hall–Kier alpha value is -1.94. The largest absolute Gasteiger partial charge is 0.508 e. The summed E-state index contributed by atoms with van der Waals surface area (Å²) in [5.74, 6) is 0.914. The van der Waals surface area contributed by atoms with Crippen molar-refractivity contribution in [3.8, 4) is 5.75 Å². The topological polar surface area (TPSA) is 49.3 Å². The standard InChI is InChI=1S/C17H19NO2S/c1-17(2,12-21-15-10-8-14(19)9-11-15)16(20)18-13-6-4-3-5-7-13/h3-11,19H,12H2,1-2H3,(H,18,20). The molecule has 0 radical (unpaired) electrons. The fourth-order valence-electron chi connectivity index (χ4n) is 1.69. The van der Waals surface area contributed by atoms with Gasteiger partial charge in [0, 0.05) is 16.3 Å². The van der Waals surface area contributed by atoms with Gasteiger partial charge < -0.3 is 10.4 Å². The SMILES string of the molecule is CC(C)(CSc1ccc(O)cc1)C(=O)Nc1ccccc1. The first-order chi connectivity index (χ1) is 9.97. The van der Waals surface area contributed by atoms with Crippen molar-refractivity contribution in [1.82, 2.24) is 0 Å². The van der Waals surface area contributed by atoms with Crippen LogP contribution in [0.4, 0.5) is 5.69 Å². The van der Waals surface area contributed by atoms with Crippen LogP contribution in [0.1, 0.15) is 13.8 Å². The number of phenolic OH excluding ortho intramolecular Hbond substituents is 1. The number of carbonyl (C=O) groups is 1. The molecular formula is C17H19NO2S. The van der Waals surface area contributed by atoms with Gasteiger partial charge in [0.1, 0.15) is 5.75 Å². The summed E-state index contributed by atoms with van der Waals surface area (Å²) in [5, 5.41) is 12.2. The maximum Gasteiger partial charge on any atom is 0.230 e. The second-order valence-corrected chi connectivity index (χ2v) is 6.54. The molecule has 2 aromatic rings. The summed E-state index contributed by atoms with van der Waals surface area (Å²) in [6.07, 6.45) is 0. The number of hydrogen-bond acceptors (Lipinski definition) is 3. The average Bonchev–Trinajstić information content (AvgIpc) is 2.48. The molecule has 0 saturated heterocycles. The lowest BCUT2D eigenvalue weighted by Gasteiger charge is -2.23. The summed E-state index contributed by atoms with van der Waals surface area (Å²) in [5.41, 5.74) is 0.323. The Morgan fingerprint density at radius 2 is 1.71 bits per heavy atom. The van der Waals surface area contributed by atoms with Gasteiger partial charge in [-0.2, -0.15) is 0 Å². The minimum absolute atomic E-state index is 0.0000201. The van der Waals surface area contributed by atoms with E-state index >= 15 is 0 Å². The summed E-state index contributed by atoms with van der Waals surface area (Å²) in [4.78, 5) is 13.4. The highest BCUT2D eigenvalue weighted by Crippen LogP contribution is 2.29. The lowest BCUT2D eigenvalue weighted by Crippen LogP contribution is -2.32. The number of anilines is 1. The van der Waals surface area contributed by atoms with Gasteiger partial charge in [0.2, 0.25) is 5.91 Å². The third kappa shape index (κ3) is 4.53. The van der Waals surface area contributed by atoms with E-state index in [-0.39, 0.29) is 11.7 Å². The Balaban J connectivity index is 1.94. The molecule has 0 fully saturated rings. The zero-order valence-electron chi connectivity index (χ0n) is 12.2. The summed E-state index contributed by atoms with van der Waals surface area (Å²) < 4.78 is 0. The summed E-state index contributed by atoms with van der Waals surface area (Å²) >= 11 is 1.60. The van der Waals surface area contributed by atoms with E-state index in [0.717, 1.165) is 10.6 Å². The van der Waals surface area contributed by atoms with Crippen LogP contribution in [0.3, 0.4) is 0 Å². The summed E-state index contributed by atoms with van der Waals surface area (Å²) in [6.45, 7) is 3.86. The number of aromatic hydroxyl groups is 1. The Morgan fingerprint density at radius 1 is 1.10 bits per heavy atom. The molecule has 0 bridgehead atoms. The molecule has 1 amide bonds. The van der Waals surface area contributed by atoms with Crippen LogP contribution in [0.5, 0.6) is 5.75 Å². The van der Waals surface area contributed by atoms with E-state index < -0.39 is 5.41 Å². The molecule has 3 nitrogen and oxygen atoms in total. The fraction of sp³-hybridized carbons (Fsp3) is 0.235. The van der Waals surface area contributed by atoms with Gasteiger partial charge in [0.25, 0.3) is 0 Å². The Morgan fingerprint density at radius 3 is 2.33 bits per heavy atom. The Kier molecular flexibility index (Phi) is 4.91. The molecule has 2 aromatic carbocycles. The van der Waals surface area contributed by atoms with Gasteiger partial charge >= 0.3 is 0 Å². The minimum Gasteiger partial charge on any atom is -0.508 e. The number of rotatable bonds is 5. The van der Waals surface area contributed by atoms with Gasteiger partial charge in [0.05, 0.1) is 5.41 Å². The second kappa shape index (κ2) is 6.68. The highest BCUT2D eigenvalue weighted by atomic mass is 32.2. The van der Waals surface area contributed by atoms with Crippen molar-refractivity contribution < 1.29 is 9.90 Å². The first-order valence-corrected chi connectivity index (χ1v) is 7.74. The quantitative estimate of drug-likeness (QED) is 0.816. The van der Waals surface area contributed by atoms with Gasteiger partial charge in [-0.05, 0) is 36.4 Å². The number of thioether (sulfide) groups is 1. The van der Waals surface area contributed by atoms with Gasteiger partial charge in [-0.25, -0.2) is 0 Å². The first-order valence-electron chi connectivity index (χ1n) is 6.76. The van der Waals surface area contributed by atoms with Crippen LogP contribution in [-0.2, 0) is 4.79 Å². The predicted octanol–water partition coefficient (Wildman–Crippen LogP) is 4.15. The zero-order chi connectivity index (χ0) is 15.3. The van der Waals surface area contributed by atoms with Crippen LogP contribution in [0.25, 0.3) is 0 Å². The predicted molar refractivity (Wildman–Crippen MR) is 87.7 cm³/mol. The Bertz CT molecular complexity index is 594. The van der Waals surface area contributed by atoms with Crippen molar-refractivity contribution in [2.75, 3.05) is 11.1 Å². The van der Waals surface area contributed by atoms with Crippen molar-refractivity contribution >= 4 is 23.4 Å². The molecule has 0 aliphatic heterocycles. The van der Waals surface area contributed by atoms with E-state index in [9.17, 15) is 9.90 Å². The van der Waals surface area contributed by atoms with Crippen molar-refractivity contribution in [3.63, 3.8) is 0 Å². The number of hydrogen-bond donors (Lipinski definition) is 2. The Labute approximate surface area is 129 Å². The highest BCUT2D eigenvalue weighted by Gasteiger charge is 2.27. The van der Waals surface area contributed by atoms with E-state index in [4.69, 9.17) is 0 Å². The smallest absolute Gasteiger partial charge is 0.230 e. The van der Waals surface area contributed by atoms with Crippen LogP contribution in [0.15, 0.2) is 59.5 Å². The van der Waals surface area contributed by atoms with Gasteiger partial charge in [-0.1, -0.05) is 32.0 Å². The average molecular weight is 301 g/mol. The molecule has 0 heterocycles. The van der Waals surface area contributed by atoms with Crippen LogP contribution in [0.2, 0.25) is 0 Å². The highest BCUT2D eigenvalue weighted by molar-refractivity contribution is 7.99. The van der Waals surface area contributed by atoms with E-state index in [1.807, 2.05) is 56.3 Å². The molecule has 0 spiro atoms. The maximum atomic E-state index is 12.3. The lowest BCUT2D eigenvalue weighted by atomic mass is 9.95. The number of para-hydroxylation sites is 1. The van der Waals surface area contributed by atoms with Gasteiger partial charge in [-0.15, -0.1) is 11.8 Å².